The van der Waals surface area contributed by atoms with Gasteiger partial charge in [-0.15, -0.1) is 0 Å². The maximum Gasteiger partial charge on any atom is 0.118 e. The summed E-state index contributed by atoms with van der Waals surface area (Å²) < 4.78 is 2.52. The molecule has 0 fully saturated rings. The summed E-state index contributed by atoms with van der Waals surface area (Å²) >= 11 is 0. The van der Waals surface area contributed by atoms with Crippen LogP contribution in [0.4, 0.5) is 0 Å². The lowest BCUT2D eigenvalue weighted by molar-refractivity contribution is 0.512. The number of benzene rings is 1. The Balaban J connectivity index is 2.51. The van der Waals surface area contributed by atoms with Crippen LogP contribution in [0.1, 0.15) is 11.1 Å². The minimum absolute atomic E-state index is 1.12. The van der Waals surface area contributed by atoms with Crippen molar-refractivity contribution >= 4 is 14.3 Å². The molecule has 1 aromatic rings. The summed E-state index contributed by atoms with van der Waals surface area (Å²) in [6.45, 7) is 12.1. The van der Waals surface area contributed by atoms with Crippen molar-refractivity contribution in [1.29, 1.82) is 0 Å². The fourth-order valence-electron chi connectivity index (χ4n) is 1.45. The maximum absolute atomic E-state index is 3.76. The van der Waals surface area contributed by atoms with E-state index in [0.29, 0.717) is 0 Å². The normalized spacial score (nSPS) is 11.8. The van der Waals surface area contributed by atoms with Crippen molar-refractivity contribution < 1.29 is 0 Å². The van der Waals surface area contributed by atoms with Crippen molar-refractivity contribution in [3.8, 4) is 0 Å². The maximum atomic E-state index is 3.76. The lowest BCUT2D eigenvalue weighted by Crippen LogP contribution is -2.44. The first-order chi connectivity index (χ1) is 7.43. The molecule has 0 aliphatic heterocycles. The van der Waals surface area contributed by atoms with Crippen molar-refractivity contribution in [3.63, 3.8) is 0 Å². The lowest BCUT2D eigenvalue weighted by atomic mass is 10.1. The van der Waals surface area contributed by atoms with E-state index in [4.69, 9.17) is 0 Å². The van der Waals surface area contributed by atoms with Crippen LogP contribution in [0.25, 0.3) is 6.08 Å². The molecule has 0 bridgehead atoms. The molecule has 88 valence electrons. The minimum atomic E-state index is -1.12. The molecule has 0 heterocycles. The van der Waals surface area contributed by atoms with Gasteiger partial charge in [-0.3, -0.25) is 0 Å². The summed E-state index contributed by atoms with van der Waals surface area (Å²) in [5.41, 5.74) is 2.61. The number of hydrogen-bond donors (Lipinski definition) is 0. The van der Waals surface area contributed by atoms with Gasteiger partial charge in [-0.1, -0.05) is 56.6 Å². The molecule has 0 spiro atoms. The summed E-state index contributed by atoms with van der Waals surface area (Å²) in [7, 11) is 1.13. The molecule has 0 N–H and O–H groups in total. The average molecular weight is 233 g/mol. The molecule has 2 heteroatoms. The molecule has 0 unspecified atom stereocenters. The van der Waals surface area contributed by atoms with Gasteiger partial charge < -0.3 is 4.57 Å². The molecule has 0 aliphatic carbocycles. The van der Waals surface area contributed by atoms with E-state index >= 15 is 0 Å². The van der Waals surface area contributed by atoms with Gasteiger partial charge in [-0.2, -0.15) is 0 Å². The second kappa shape index (κ2) is 5.46. The van der Waals surface area contributed by atoms with E-state index in [2.05, 4.69) is 62.1 Å². The van der Waals surface area contributed by atoms with Crippen LogP contribution in [0, 0.1) is 0 Å². The highest BCUT2D eigenvalue weighted by molar-refractivity contribution is 6.73. The molecule has 0 saturated carbocycles. The Morgan fingerprint density at radius 1 is 1.19 bits per heavy atom. The Bertz CT molecular complexity index is 335. The Labute approximate surface area is 101 Å². The monoisotopic (exact) mass is 233 g/mol. The quantitative estimate of drug-likeness (QED) is 0.702. The first kappa shape index (κ1) is 13.2. The molecule has 16 heavy (non-hydrogen) atoms. The van der Waals surface area contributed by atoms with Crippen LogP contribution in [0.15, 0.2) is 30.8 Å². The molecule has 1 nitrogen and oxygen atoms in total. The average Bonchev–Trinajstić information content (AvgIpc) is 2.25. The van der Waals surface area contributed by atoms with E-state index in [1.807, 2.05) is 6.08 Å². The first-order valence-electron chi connectivity index (χ1n) is 5.86. The first-order valence-corrected chi connectivity index (χ1v) is 9.31. The SMILES string of the molecule is C=Cc1ccc(CCN(C)[Si](C)(C)C)cc1. The summed E-state index contributed by atoms with van der Waals surface area (Å²) in [6, 6.07) is 8.68. The zero-order valence-electron chi connectivity index (χ0n) is 11.0. The highest BCUT2D eigenvalue weighted by Gasteiger charge is 2.18. The standard InChI is InChI=1S/C14H23NSi/c1-6-13-7-9-14(10-8-13)11-12-15(2)16(3,4)5/h6-10H,1,11-12H2,2-5H3. The van der Waals surface area contributed by atoms with Crippen molar-refractivity contribution in [2.45, 2.75) is 26.1 Å². The van der Waals surface area contributed by atoms with Crippen molar-refractivity contribution in [2.75, 3.05) is 13.6 Å². The third-order valence-electron chi connectivity index (χ3n) is 3.10. The third kappa shape index (κ3) is 3.95. The van der Waals surface area contributed by atoms with Crippen LogP contribution in [0.3, 0.4) is 0 Å². The number of hydrogen-bond acceptors (Lipinski definition) is 1. The largest absolute Gasteiger partial charge is 0.326 e. The number of rotatable bonds is 5. The number of likely N-dealkylation sites (N-methyl/N-ethyl adjacent to an activating group) is 1. The predicted molar refractivity (Wildman–Crippen MR) is 76.2 cm³/mol. The number of nitrogens with zero attached hydrogens (tertiary/aromatic N) is 1. The summed E-state index contributed by atoms with van der Waals surface area (Å²) in [4.78, 5) is 0. The van der Waals surface area contributed by atoms with Gasteiger partial charge >= 0.3 is 0 Å². The molecule has 0 saturated heterocycles. The molecule has 0 atom stereocenters. The highest BCUT2D eigenvalue weighted by Crippen LogP contribution is 2.10. The summed E-state index contributed by atoms with van der Waals surface area (Å²) in [5, 5.41) is 0. The van der Waals surface area contributed by atoms with Gasteiger partial charge in [-0.25, -0.2) is 0 Å². The fourth-order valence-corrected chi connectivity index (χ4v) is 2.24. The topological polar surface area (TPSA) is 3.24 Å². The predicted octanol–water partition coefficient (Wildman–Crippen LogP) is 3.64. The van der Waals surface area contributed by atoms with Crippen LogP contribution < -0.4 is 0 Å². The van der Waals surface area contributed by atoms with Gasteiger partial charge in [0, 0.05) is 0 Å². The molecule has 0 radical (unpaired) electrons. The van der Waals surface area contributed by atoms with Crippen LogP contribution in [0.5, 0.6) is 0 Å². The van der Waals surface area contributed by atoms with Crippen molar-refractivity contribution in [2.24, 2.45) is 0 Å². The molecule has 0 aromatic heterocycles. The van der Waals surface area contributed by atoms with E-state index in [1.165, 1.54) is 11.1 Å². The smallest absolute Gasteiger partial charge is 0.118 e. The second-order valence-electron chi connectivity index (χ2n) is 5.29. The van der Waals surface area contributed by atoms with E-state index in [0.717, 1.165) is 13.0 Å². The van der Waals surface area contributed by atoms with Crippen LogP contribution >= 0.6 is 0 Å². The van der Waals surface area contributed by atoms with Crippen molar-refractivity contribution in [3.05, 3.63) is 42.0 Å². The van der Waals surface area contributed by atoms with Crippen molar-refractivity contribution in [1.82, 2.24) is 4.57 Å². The van der Waals surface area contributed by atoms with Gasteiger partial charge in [-0.05, 0) is 31.1 Å². The van der Waals surface area contributed by atoms with E-state index in [1.54, 1.807) is 0 Å². The van der Waals surface area contributed by atoms with Crippen LogP contribution in [-0.4, -0.2) is 26.4 Å². The minimum Gasteiger partial charge on any atom is -0.326 e. The Morgan fingerprint density at radius 2 is 1.75 bits per heavy atom. The second-order valence-corrected chi connectivity index (χ2v) is 10.4. The Hall–Kier alpha value is -0.863. The van der Waals surface area contributed by atoms with Gasteiger partial charge in [0.05, 0.1) is 0 Å². The molecule has 1 rings (SSSR count). The third-order valence-corrected chi connectivity index (χ3v) is 5.61. The molecule has 1 aromatic carbocycles. The van der Waals surface area contributed by atoms with Gasteiger partial charge in [0.25, 0.3) is 0 Å². The Kier molecular flexibility index (Phi) is 4.51. The van der Waals surface area contributed by atoms with E-state index < -0.39 is 8.24 Å². The zero-order chi connectivity index (χ0) is 12.2. The molecular formula is C14H23NSi. The summed E-state index contributed by atoms with van der Waals surface area (Å²) in [6.07, 6.45) is 3.02. The van der Waals surface area contributed by atoms with Gasteiger partial charge in [0.2, 0.25) is 0 Å². The van der Waals surface area contributed by atoms with Crippen LogP contribution in [0.2, 0.25) is 19.6 Å². The van der Waals surface area contributed by atoms with Gasteiger partial charge in [0.15, 0.2) is 0 Å². The molecular weight excluding hydrogens is 210 g/mol. The van der Waals surface area contributed by atoms with E-state index in [9.17, 15) is 0 Å². The molecule has 0 aliphatic rings. The van der Waals surface area contributed by atoms with Crippen LogP contribution in [-0.2, 0) is 6.42 Å². The lowest BCUT2D eigenvalue weighted by Gasteiger charge is -2.29. The zero-order valence-corrected chi connectivity index (χ0v) is 12.0. The van der Waals surface area contributed by atoms with E-state index in [-0.39, 0.29) is 0 Å². The van der Waals surface area contributed by atoms with Gasteiger partial charge in [0.1, 0.15) is 8.24 Å². The Morgan fingerprint density at radius 3 is 2.19 bits per heavy atom. The summed E-state index contributed by atoms with van der Waals surface area (Å²) in [5.74, 6) is 0. The molecule has 0 amide bonds. The highest BCUT2D eigenvalue weighted by atomic mass is 28.3. The fraction of sp³-hybridized carbons (Fsp3) is 0.429.